The van der Waals surface area contributed by atoms with Crippen molar-refractivity contribution in [3.8, 4) is 6.07 Å². The van der Waals surface area contributed by atoms with Crippen LogP contribution in [0.2, 0.25) is 0 Å². The molecule has 4 heteroatoms. The Bertz CT molecular complexity index is 336. The zero-order valence-corrected chi connectivity index (χ0v) is 7.64. The lowest BCUT2D eigenvalue weighted by Gasteiger charge is -2.29. The van der Waals surface area contributed by atoms with E-state index in [1.54, 1.807) is 0 Å². The third-order valence-corrected chi connectivity index (χ3v) is 2.51. The summed E-state index contributed by atoms with van der Waals surface area (Å²) < 4.78 is 2.14. The molecule has 1 atom stereocenters. The van der Waals surface area contributed by atoms with Crippen LogP contribution in [0.3, 0.4) is 0 Å². The van der Waals surface area contributed by atoms with Crippen LogP contribution in [0.15, 0.2) is 12.4 Å². The van der Waals surface area contributed by atoms with Gasteiger partial charge in [-0.2, -0.15) is 5.26 Å². The number of hydrogen-bond donors (Lipinski definition) is 0. The van der Waals surface area contributed by atoms with Crippen LogP contribution in [0.5, 0.6) is 0 Å². The third kappa shape index (κ3) is 1.43. The normalized spacial score (nSPS) is 19.1. The smallest absolute Gasteiger partial charge is 0.122 e. The first kappa shape index (κ1) is 8.27. The van der Waals surface area contributed by atoms with Crippen molar-refractivity contribution in [2.24, 2.45) is 0 Å². The van der Waals surface area contributed by atoms with Crippen molar-refractivity contribution in [1.82, 2.24) is 14.5 Å². The first-order chi connectivity index (χ1) is 6.31. The molecular weight excluding hydrogens is 164 g/mol. The van der Waals surface area contributed by atoms with E-state index < -0.39 is 0 Å². The summed E-state index contributed by atoms with van der Waals surface area (Å²) >= 11 is 0. The van der Waals surface area contributed by atoms with E-state index in [0.29, 0.717) is 0 Å². The lowest BCUT2D eigenvalue weighted by molar-refractivity contribution is 0.193. The fourth-order valence-electron chi connectivity index (χ4n) is 1.60. The summed E-state index contributed by atoms with van der Waals surface area (Å²) in [5.41, 5.74) is 0. The lowest BCUT2D eigenvalue weighted by atomic mass is 10.2. The summed E-state index contributed by atoms with van der Waals surface area (Å²) in [6.45, 7) is 4.61. The van der Waals surface area contributed by atoms with Gasteiger partial charge in [0.05, 0.1) is 18.7 Å². The maximum Gasteiger partial charge on any atom is 0.122 e. The van der Waals surface area contributed by atoms with Gasteiger partial charge in [0.2, 0.25) is 0 Å². The van der Waals surface area contributed by atoms with Gasteiger partial charge >= 0.3 is 0 Å². The molecule has 13 heavy (non-hydrogen) atoms. The van der Waals surface area contributed by atoms with Crippen molar-refractivity contribution in [3.63, 3.8) is 0 Å². The van der Waals surface area contributed by atoms with Crippen molar-refractivity contribution in [2.75, 3.05) is 6.54 Å². The molecular formula is C9H12N4. The van der Waals surface area contributed by atoms with Gasteiger partial charge in [0.1, 0.15) is 5.82 Å². The summed E-state index contributed by atoms with van der Waals surface area (Å²) in [4.78, 5) is 6.38. The fraction of sp³-hybridized carbons (Fsp3) is 0.556. The molecule has 1 aliphatic heterocycles. The van der Waals surface area contributed by atoms with Crippen LogP contribution in [0.25, 0.3) is 0 Å². The minimum absolute atomic E-state index is 0.00884. The van der Waals surface area contributed by atoms with Gasteiger partial charge < -0.3 is 4.57 Å². The highest BCUT2D eigenvalue weighted by Gasteiger charge is 2.20. The Balaban J connectivity index is 2.14. The Morgan fingerprint density at radius 1 is 1.62 bits per heavy atom. The lowest BCUT2D eigenvalue weighted by Crippen LogP contribution is -2.38. The van der Waals surface area contributed by atoms with E-state index in [0.717, 1.165) is 25.5 Å². The average molecular weight is 176 g/mol. The van der Waals surface area contributed by atoms with Crippen LogP contribution in [-0.2, 0) is 13.1 Å². The molecule has 0 saturated heterocycles. The zero-order chi connectivity index (χ0) is 9.26. The van der Waals surface area contributed by atoms with Gasteiger partial charge in [-0.3, -0.25) is 4.90 Å². The highest BCUT2D eigenvalue weighted by Crippen LogP contribution is 2.12. The first-order valence-corrected chi connectivity index (χ1v) is 4.45. The number of hydrogen-bond acceptors (Lipinski definition) is 3. The molecule has 0 unspecified atom stereocenters. The van der Waals surface area contributed by atoms with E-state index in [4.69, 9.17) is 5.26 Å². The first-order valence-electron chi connectivity index (χ1n) is 4.45. The Labute approximate surface area is 77.4 Å². The summed E-state index contributed by atoms with van der Waals surface area (Å²) in [6.07, 6.45) is 3.81. The van der Waals surface area contributed by atoms with Gasteiger partial charge in [0.15, 0.2) is 0 Å². The molecule has 68 valence electrons. The zero-order valence-electron chi connectivity index (χ0n) is 7.64. The number of nitriles is 1. The standard InChI is InChI=1S/C9H12N4/c1-8(6-10)13-5-4-12-3-2-11-9(12)7-13/h2-3,8H,4-5,7H2,1H3/t8-/m1/s1. The molecule has 0 aromatic carbocycles. The van der Waals surface area contributed by atoms with Gasteiger partial charge in [-0.05, 0) is 6.92 Å². The molecule has 4 nitrogen and oxygen atoms in total. The maximum atomic E-state index is 8.77. The van der Waals surface area contributed by atoms with Crippen molar-refractivity contribution >= 4 is 0 Å². The number of imidazole rings is 1. The fourth-order valence-corrected chi connectivity index (χ4v) is 1.60. The molecule has 0 radical (unpaired) electrons. The number of aromatic nitrogens is 2. The number of rotatable bonds is 1. The van der Waals surface area contributed by atoms with Crippen molar-refractivity contribution < 1.29 is 0 Å². The van der Waals surface area contributed by atoms with Gasteiger partial charge in [-0.1, -0.05) is 0 Å². The minimum atomic E-state index is -0.00884. The molecule has 1 aliphatic rings. The molecule has 0 fully saturated rings. The largest absolute Gasteiger partial charge is 0.333 e. The van der Waals surface area contributed by atoms with Crippen molar-refractivity contribution in [3.05, 3.63) is 18.2 Å². The Kier molecular flexibility index (Phi) is 2.03. The number of fused-ring (bicyclic) bond motifs is 1. The van der Waals surface area contributed by atoms with E-state index in [1.807, 2.05) is 19.3 Å². The van der Waals surface area contributed by atoms with E-state index in [1.165, 1.54) is 0 Å². The topological polar surface area (TPSA) is 44.9 Å². The molecule has 0 amide bonds. The summed E-state index contributed by atoms with van der Waals surface area (Å²) in [6, 6.07) is 2.24. The molecule has 0 saturated carbocycles. The second kappa shape index (κ2) is 3.19. The highest BCUT2D eigenvalue weighted by atomic mass is 15.2. The molecule has 1 aromatic rings. The molecule has 0 N–H and O–H groups in total. The van der Waals surface area contributed by atoms with E-state index in [9.17, 15) is 0 Å². The molecule has 0 spiro atoms. The van der Waals surface area contributed by atoms with Crippen LogP contribution in [0.4, 0.5) is 0 Å². The van der Waals surface area contributed by atoms with Crippen LogP contribution < -0.4 is 0 Å². The Morgan fingerprint density at radius 2 is 2.46 bits per heavy atom. The predicted octanol–water partition coefficient (Wildman–Crippen LogP) is 0.611. The Hall–Kier alpha value is -1.34. The van der Waals surface area contributed by atoms with Crippen molar-refractivity contribution in [1.29, 1.82) is 5.26 Å². The average Bonchev–Trinajstić information content (AvgIpc) is 2.63. The minimum Gasteiger partial charge on any atom is -0.333 e. The van der Waals surface area contributed by atoms with E-state index in [2.05, 4.69) is 20.5 Å². The molecule has 2 heterocycles. The second-order valence-electron chi connectivity index (χ2n) is 3.31. The van der Waals surface area contributed by atoms with Crippen molar-refractivity contribution in [2.45, 2.75) is 26.1 Å². The quantitative estimate of drug-likeness (QED) is 0.629. The van der Waals surface area contributed by atoms with E-state index >= 15 is 0 Å². The van der Waals surface area contributed by atoms with E-state index in [-0.39, 0.29) is 6.04 Å². The second-order valence-corrected chi connectivity index (χ2v) is 3.31. The van der Waals surface area contributed by atoms with Crippen LogP contribution in [-0.4, -0.2) is 27.0 Å². The summed E-state index contributed by atoms with van der Waals surface area (Å²) in [7, 11) is 0. The predicted molar refractivity (Wildman–Crippen MR) is 47.7 cm³/mol. The van der Waals surface area contributed by atoms with Crippen LogP contribution >= 0.6 is 0 Å². The Morgan fingerprint density at radius 3 is 3.23 bits per heavy atom. The maximum absolute atomic E-state index is 8.77. The van der Waals surface area contributed by atoms with Crippen LogP contribution in [0, 0.1) is 11.3 Å². The molecule has 1 aromatic heterocycles. The highest BCUT2D eigenvalue weighted by molar-refractivity contribution is 4.99. The SMILES string of the molecule is C[C@H](C#N)N1CCn2ccnc2C1. The molecule has 0 aliphatic carbocycles. The summed E-state index contributed by atoms with van der Waals surface area (Å²) in [5, 5.41) is 8.77. The molecule has 2 rings (SSSR count). The molecule has 0 bridgehead atoms. The van der Waals surface area contributed by atoms with Gasteiger partial charge in [-0.25, -0.2) is 4.98 Å². The monoisotopic (exact) mass is 176 g/mol. The number of nitrogens with zero attached hydrogens (tertiary/aromatic N) is 4. The van der Waals surface area contributed by atoms with Crippen LogP contribution in [0.1, 0.15) is 12.7 Å². The van der Waals surface area contributed by atoms with Gasteiger partial charge in [0, 0.05) is 25.5 Å². The third-order valence-electron chi connectivity index (χ3n) is 2.51. The summed E-state index contributed by atoms with van der Waals surface area (Å²) in [5.74, 6) is 1.06. The van der Waals surface area contributed by atoms with Gasteiger partial charge in [0.25, 0.3) is 0 Å². The van der Waals surface area contributed by atoms with Gasteiger partial charge in [-0.15, -0.1) is 0 Å².